The van der Waals surface area contributed by atoms with Crippen LogP contribution >= 0.6 is 0 Å². The molecule has 1 saturated carbocycles. The first-order valence-corrected chi connectivity index (χ1v) is 15.4. The van der Waals surface area contributed by atoms with Crippen LogP contribution in [0.1, 0.15) is 66.8 Å². The summed E-state index contributed by atoms with van der Waals surface area (Å²) in [6, 6.07) is 12.2. The molecule has 2 amide bonds. The maximum atomic E-state index is 13.4. The molecule has 0 unspecified atom stereocenters. The van der Waals surface area contributed by atoms with Crippen molar-refractivity contribution in [3.05, 3.63) is 71.3 Å². The van der Waals surface area contributed by atoms with Gasteiger partial charge in [-0.05, 0) is 73.4 Å². The Morgan fingerprint density at radius 3 is 2.59 bits per heavy atom. The molecular weight excluding hydrogens is 512 g/mol. The van der Waals surface area contributed by atoms with Crippen LogP contribution in [0.2, 0.25) is 0 Å². The molecule has 0 bridgehead atoms. The number of amides is 2. The zero-order valence-electron chi connectivity index (χ0n) is 22.5. The van der Waals surface area contributed by atoms with Gasteiger partial charge in [-0.15, -0.1) is 0 Å². The lowest BCUT2D eigenvalue weighted by atomic mass is 9.85. The lowest BCUT2D eigenvalue weighted by molar-refractivity contribution is -0.132. The van der Waals surface area contributed by atoms with E-state index >= 15 is 0 Å². The summed E-state index contributed by atoms with van der Waals surface area (Å²) in [5.41, 5.74) is 5.40. The number of sulfonamides is 1. The van der Waals surface area contributed by atoms with Gasteiger partial charge < -0.3 is 16.0 Å². The quantitative estimate of drug-likeness (QED) is 0.445. The molecule has 3 aliphatic rings. The first-order valence-electron chi connectivity index (χ1n) is 13.9. The minimum Gasteiger partial charge on any atom is -0.353 e. The van der Waals surface area contributed by atoms with Crippen molar-refractivity contribution in [2.45, 2.75) is 74.9 Å². The van der Waals surface area contributed by atoms with E-state index in [0.717, 1.165) is 48.1 Å². The van der Waals surface area contributed by atoms with Crippen molar-refractivity contribution in [3.63, 3.8) is 0 Å². The van der Waals surface area contributed by atoms with E-state index in [9.17, 15) is 18.0 Å². The highest BCUT2D eigenvalue weighted by molar-refractivity contribution is 7.89. The van der Waals surface area contributed by atoms with Crippen LogP contribution in [-0.4, -0.2) is 56.3 Å². The first kappa shape index (κ1) is 27.6. The Kier molecular flexibility index (Phi) is 8.21. The van der Waals surface area contributed by atoms with Crippen LogP contribution in [0.25, 0.3) is 5.57 Å². The number of aryl methyl sites for hydroxylation is 2. The zero-order chi connectivity index (χ0) is 27.6. The molecule has 208 valence electrons. The fraction of sp³-hybridized carbons (Fsp3) is 0.467. The smallest absolute Gasteiger partial charge is 0.243 e. The Balaban J connectivity index is 1.26. The molecule has 1 heterocycles. The van der Waals surface area contributed by atoms with Crippen LogP contribution in [0.3, 0.4) is 0 Å². The second-order valence-electron chi connectivity index (χ2n) is 11.0. The third-order valence-corrected chi connectivity index (χ3v) is 10.1. The summed E-state index contributed by atoms with van der Waals surface area (Å²) in [5, 5.41) is 9.38. The van der Waals surface area contributed by atoms with Crippen LogP contribution < -0.4 is 16.0 Å². The number of piperazine rings is 1. The summed E-state index contributed by atoms with van der Waals surface area (Å²) in [6.45, 7) is 7.26. The topological polar surface area (TPSA) is 108 Å². The van der Waals surface area contributed by atoms with E-state index in [1.54, 1.807) is 24.3 Å². The van der Waals surface area contributed by atoms with Crippen molar-refractivity contribution >= 4 is 27.4 Å². The molecule has 39 heavy (non-hydrogen) atoms. The van der Waals surface area contributed by atoms with E-state index < -0.39 is 22.0 Å². The van der Waals surface area contributed by atoms with E-state index in [4.69, 9.17) is 0 Å². The number of carbonyl (C=O) groups excluding carboxylic acids is 2. The van der Waals surface area contributed by atoms with Gasteiger partial charge in [-0.2, -0.15) is 4.31 Å². The minimum absolute atomic E-state index is 0.119. The molecular formula is C30H38N4O4S. The van der Waals surface area contributed by atoms with Gasteiger partial charge in [0, 0.05) is 25.7 Å². The SMILES string of the molecule is C=C(CNC1CCC1)c1ccc2c(c1)CCC[C@H]2NC(=O)C[C@@H]1C(=O)NCCN1S(=O)(=O)c1ccc(C)cc1. The normalized spacial score (nSPS) is 21.9. The average Bonchev–Trinajstić information content (AvgIpc) is 2.89. The highest BCUT2D eigenvalue weighted by Gasteiger charge is 2.40. The fourth-order valence-electron chi connectivity index (χ4n) is 5.62. The minimum atomic E-state index is -3.93. The highest BCUT2D eigenvalue weighted by atomic mass is 32.2. The van der Waals surface area contributed by atoms with Crippen molar-refractivity contribution in [1.82, 2.24) is 20.3 Å². The van der Waals surface area contributed by atoms with Gasteiger partial charge in [0.2, 0.25) is 21.8 Å². The molecule has 2 aromatic rings. The third kappa shape index (κ3) is 6.10. The largest absolute Gasteiger partial charge is 0.353 e. The van der Waals surface area contributed by atoms with Gasteiger partial charge in [0.05, 0.1) is 17.4 Å². The molecule has 0 spiro atoms. The summed E-state index contributed by atoms with van der Waals surface area (Å²) in [7, 11) is -3.93. The Labute approximate surface area is 231 Å². The number of fused-ring (bicyclic) bond motifs is 1. The number of nitrogens with one attached hydrogen (secondary N) is 3. The molecule has 9 heteroatoms. The Morgan fingerprint density at radius 2 is 1.87 bits per heavy atom. The molecule has 0 radical (unpaired) electrons. The second kappa shape index (κ2) is 11.6. The second-order valence-corrected chi connectivity index (χ2v) is 12.9. The summed E-state index contributed by atoms with van der Waals surface area (Å²) >= 11 is 0. The van der Waals surface area contributed by atoms with Crippen LogP contribution in [0.4, 0.5) is 0 Å². The summed E-state index contributed by atoms with van der Waals surface area (Å²) < 4.78 is 27.9. The molecule has 2 aromatic carbocycles. The number of rotatable bonds is 9. The molecule has 0 aromatic heterocycles. The van der Waals surface area contributed by atoms with E-state index in [1.807, 2.05) is 6.92 Å². The number of hydrogen-bond donors (Lipinski definition) is 3. The Bertz CT molecular complexity index is 1350. The van der Waals surface area contributed by atoms with Gasteiger partial charge in [0.1, 0.15) is 6.04 Å². The van der Waals surface area contributed by atoms with Gasteiger partial charge in [0.25, 0.3) is 0 Å². The first-order chi connectivity index (χ1) is 18.7. The van der Waals surface area contributed by atoms with Crippen LogP contribution in [0.5, 0.6) is 0 Å². The lowest BCUT2D eigenvalue weighted by Crippen LogP contribution is -2.58. The van der Waals surface area contributed by atoms with Gasteiger partial charge in [-0.3, -0.25) is 9.59 Å². The third-order valence-electron chi connectivity index (χ3n) is 8.20. The fourth-order valence-corrected chi connectivity index (χ4v) is 7.20. The monoisotopic (exact) mass is 550 g/mol. The van der Waals surface area contributed by atoms with E-state index in [0.29, 0.717) is 6.04 Å². The Hall–Kier alpha value is -3.01. The van der Waals surface area contributed by atoms with Crippen molar-refractivity contribution in [1.29, 1.82) is 0 Å². The van der Waals surface area contributed by atoms with Crippen LogP contribution in [-0.2, 0) is 26.0 Å². The number of carbonyl (C=O) groups is 2. The van der Waals surface area contributed by atoms with Crippen molar-refractivity contribution in [2.24, 2.45) is 0 Å². The number of hydrogen-bond acceptors (Lipinski definition) is 5. The molecule has 2 atom stereocenters. The average molecular weight is 551 g/mol. The maximum absolute atomic E-state index is 13.4. The van der Waals surface area contributed by atoms with Gasteiger partial charge in [-0.25, -0.2) is 8.42 Å². The van der Waals surface area contributed by atoms with E-state index in [1.165, 1.54) is 29.1 Å². The van der Waals surface area contributed by atoms with Crippen molar-refractivity contribution in [2.75, 3.05) is 19.6 Å². The van der Waals surface area contributed by atoms with E-state index in [-0.39, 0.29) is 36.4 Å². The molecule has 1 aliphatic heterocycles. The van der Waals surface area contributed by atoms with Crippen LogP contribution in [0.15, 0.2) is 53.9 Å². The molecule has 3 N–H and O–H groups in total. The van der Waals surface area contributed by atoms with Crippen LogP contribution in [0, 0.1) is 6.92 Å². The van der Waals surface area contributed by atoms with Gasteiger partial charge in [0.15, 0.2) is 0 Å². The predicted molar refractivity (Wildman–Crippen MR) is 151 cm³/mol. The van der Waals surface area contributed by atoms with Crippen molar-refractivity contribution < 1.29 is 18.0 Å². The number of nitrogens with zero attached hydrogens (tertiary/aromatic N) is 1. The summed E-state index contributed by atoms with van der Waals surface area (Å²) in [5.74, 6) is -0.785. The summed E-state index contributed by atoms with van der Waals surface area (Å²) in [6.07, 6.45) is 6.20. The zero-order valence-corrected chi connectivity index (χ0v) is 23.4. The molecule has 5 rings (SSSR count). The molecule has 2 fully saturated rings. The molecule has 8 nitrogen and oxygen atoms in total. The lowest BCUT2D eigenvalue weighted by Gasteiger charge is -2.34. The summed E-state index contributed by atoms with van der Waals surface area (Å²) in [4.78, 5) is 26.1. The molecule has 2 aliphatic carbocycles. The van der Waals surface area contributed by atoms with Gasteiger partial charge in [-0.1, -0.05) is 48.9 Å². The number of benzene rings is 2. The molecule has 1 saturated heterocycles. The highest BCUT2D eigenvalue weighted by Crippen LogP contribution is 2.32. The maximum Gasteiger partial charge on any atom is 0.243 e. The predicted octanol–water partition coefficient (Wildman–Crippen LogP) is 3.22. The Morgan fingerprint density at radius 1 is 1.10 bits per heavy atom. The van der Waals surface area contributed by atoms with Crippen molar-refractivity contribution in [3.8, 4) is 0 Å². The van der Waals surface area contributed by atoms with Gasteiger partial charge >= 0.3 is 0 Å². The van der Waals surface area contributed by atoms with E-state index in [2.05, 4.69) is 40.7 Å². The standard InChI is InChI=1S/C30H38N4O4S/c1-20-9-12-25(13-10-20)39(37,38)34-16-15-31-30(36)28(34)18-29(35)33-27-8-3-5-23-17-22(11-14-26(23)27)21(2)19-32-24-6-4-7-24/h9-14,17,24,27-28,32H,2-8,15-16,18-19H2,1H3,(H,31,36)(H,33,35)/t27-,28-/m1/s1.